The van der Waals surface area contributed by atoms with Crippen LogP contribution in [-0.2, 0) is 0 Å². The molecular formula is C22H19N2. The highest BCUT2D eigenvalue weighted by Crippen LogP contribution is 2.40. The number of fused-ring (bicyclic) bond motifs is 2. The molecule has 2 N–H and O–H groups in total. The lowest BCUT2D eigenvalue weighted by atomic mass is 9.93. The molecule has 117 valence electrons. The molecule has 0 aliphatic rings. The molecule has 1 radical (unpaired) electrons. The van der Waals surface area contributed by atoms with Crippen molar-refractivity contribution in [3.63, 3.8) is 0 Å². The number of hydrogen-bond acceptors (Lipinski definition) is 2. The van der Waals surface area contributed by atoms with Gasteiger partial charge in [0.1, 0.15) is 0 Å². The molecule has 0 saturated heterocycles. The third-order valence-electron chi connectivity index (χ3n) is 4.51. The first-order valence-corrected chi connectivity index (χ1v) is 8.14. The lowest BCUT2D eigenvalue weighted by molar-refractivity contribution is 1.49. The minimum Gasteiger partial charge on any atom is -0.388 e. The van der Waals surface area contributed by atoms with Gasteiger partial charge in [0.05, 0.1) is 0 Å². The summed E-state index contributed by atoms with van der Waals surface area (Å²) in [5, 5.41) is 11.5. The van der Waals surface area contributed by atoms with Gasteiger partial charge in [-0.2, -0.15) is 0 Å². The summed E-state index contributed by atoms with van der Waals surface area (Å²) in [6.45, 7) is 0. The Morgan fingerprint density at radius 1 is 0.708 bits per heavy atom. The number of rotatable bonds is 3. The second-order valence-corrected chi connectivity index (χ2v) is 5.85. The van der Waals surface area contributed by atoms with Crippen molar-refractivity contribution >= 4 is 32.9 Å². The van der Waals surface area contributed by atoms with Gasteiger partial charge < -0.3 is 10.6 Å². The van der Waals surface area contributed by atoms with E-state index in [9.17, 15) is 0 Å². The average Bonchev–Trinajstić information content (AvgIpc) is 2.66. The first-order valence-electron chi connectivity index (χ1n) is 8.14. The molecular weight excluding hydrogens is 292 g/mol. The third-order valence-corrected chi connectivity index (χ3v) is 4.51. The predicted octanol–water partition coefficient (Wildman–Crippen LogP) is 5.54. The molecule has 0 atom stereocenters. The van der Waals surface area contributed by atoms with Gasteiger partial charge in [0.2, 0.25) is 0 Å². The molecule has 0 aliphatic heterocycles. The van der Waals surface area contributed by atoms with E-state index in [1.165, 1.54) is 21.7 Å². The highest BCUT2D eigenvalue weighted by atomic mass is 14.8. The third kappa shape index (κ3) is 2.28. The van der Waals surface area contributed by atoms with Crippen LogP contribution in [0.25, 0.3) is 32.7 Å². The topological polar surface area (TPSA) is 24.1 Å². The zero-order valence-electron chi connectivity index (χ0n) is 13.9. The summed E-state index contributed by atoms with van der Waals surface area (Å²) in [5.74, 6) is 0. The number of benzene rings is 4. The molecule has 2 nitrogen and oxygen atoms in total. The maximum atomic E-state index is 3.63. The van der Waals surface area contributed by atoms with Gasteiger partial charge in [-0.25, -0.2) is 0 Å². The van der Waals surface area contributed by atoms with Crippen LogP contribution in [0, 0.1) is 6.07 Å². The van der Waals surface area contributed by atoms with E-state index in [2.05, 4.69) is 83.4 Å². The van der Waals surface area contributed by atoms with Crippen molar-refractivity contribution in [1.29, 1.82) is 0 Å². The molecule has 0 fully saturated rings. The molecule has 4 rings (SSSR count). The highest BCUT2D eigenvalue weighted by Gasteiger charge is 2.14. The van der Waals surface area contributed by atoms with Crippen molar-refractivity contribution < 1.29 is 0 Å². The Labute approximate surface area is 142 Å². The maximum absolute atomic E-state index is 3.63. The van der Waals surface area contributed by atoms with Crippen molar-refractivity contribution in [3.8, 4) is 11.1 Å². The van der Waals surface area contributed by atoms with Crippen LogP contribution < -0.4 is 10.6 Å². The van der Waals surface area contributed by atoms with Crippen molar-refractivity contribution in [2.75, 3.05) is 24.7 Å². The molecule has 0 aromatic heterocycles. The SMILES string of the molecule is CNc1cc2ccccc2[c]c1-c1c(NC)ccc2ccccc12. The van der Waals surface area contributed by atoms with E-state index < -0.39 is 0 Å². The van der Waals surface area contributed by atoms with Crippen molar-refractivity contribution in [2.24, 2.45) is 0 Å². The zero-order valence-corrected chi connectivity index (χ0v) is 13.9. The molecule has 0 bridgehead atoms. The normalized spacial score (nSPS) is 10.9. The van der Waals surface area contributed by atoms with E-state index in [1.807, 2.05) is 14.1 Å². The number of hydrogen-bond donors (Lipinski definition) is 2. The van der Waals surface area contributed by atoms with Crippen LogP contribution in [0.2, 0.25) is 0 Å². The Bertz CT molecular complexity index is 1030. The largest absolute Gasteiger partial charge is 0.388 e. The van der Waals surface area contributed by atoms with Gasteiger partial charge in [-0.05, 0) is 33.7 Å². The fourth-order valence-corrected chi connectivity index (χ4v) is 3.31. The van der Waals surface area contributed by atoms with Gasteiger partial charge in [0.15, 0.2) is 0 Å². The van der Waals surface area contributed by atoms with E-state index in [0.717, 1.165) is 22.3 Å². The predicted molar refractivity (Wildman–Crippen MR) is 105 cm³/mol. The van der Waals surface area contributed by atoms with Crippen LogP contribution in [0.4, 0.5) is 11.4 Å². The van der Waals surface area contributed by atoms with Crippen LogP contribution in [0.1, 0.15) is 0 Å². The van der Waals surface area contributed by atoms with Crippen molar-refractivity contribution in [3.05, 3.63) is 72.8 Å². The smallest absolute Gasteiger partial charge is 0.0431 e. The van der Waals surface area contributed by atoms with Gasteiger partial charge in [-0.3, -0.25) is 0 Å². The van der Waals surface area contributed by atoms with Crippen LogP contribution in [0.5, 0.6) is 0 Å². The lowest BCUT2D eigenvalue weighted by Gasteiger charge is -2.17. The summed E-state index contributed by atoms with van der Waals surface area (Å²) in [6, 6.07) is 27.0. The highest BCUT2D eigenvalue weighted by molar-refractivity contribution is 6.07. The van der Waals surface area contributed by atoms with Gasteiger partial charge in [-0.15, -0.1) is 0 Å². The second-order valence-electron chi connectivity index (χ2n) is 5.85. The maximum Gasteiger partial charge on any atom is 0.0431 e. The molecule has 0 unspecified atom stereocenters. The van der Waals surface area contributed by atoms with E-state index in [1.54, 1.807) is 0 Å². The second kappa shape index (κ2) is 5.89. The zero-order chi connectivity index (χ0) is 16.5. The Hall–Kier alpha value is -3.00. The quantitative estimate of drug-likeness (QED) is 0.519. The van der Waals surface area contributed by atoms with E-state index >= 15 is 0 Å². The first kappa shape index (κ1) is 14.6. The fraction of sp³-hybridized carbons (Fsp3) is 0.0909. The Balaban J connectivity index is 2.12. The molecule has 0 heterocycles. The average molecular weight is 311 g/mol. The number of nitrogens with one attached hydrogen (secondary N) is 2. The minimum absolute atomic E-state index is 1.08. The molecule has 4 aromatic rings. The van der Waals surface area contributed by atoms with Crippen LogP contribution in [-0.4, -0.2) is 14.1 Å². The fourth-order valence-electron chi connectivity index (χ4n) is 3.31. The molecule has 0 spiro atoms. The summed E-state index contributed by atoms with van der Waals surface area (Å²) in [6.07, 6.45) is 0. The van der Waals surface area contributed by atoms with Crippen molar-refractivity contribution in [1.82, 2.24) is 0 Å². The summed E-state index contributed by atoms with van der Waals surface area (Å²) >= 11 is 0. The summed E-state index contributed by atoms with van der Waals surface area (Å²) < 4.78 is 0. The monoisotopic (exact) mass is 311 g/mol. The summed E-state index contributed by atoms with van der Waals surface area (Å²) in [5.41, 5.74) is 4.47. The van der Waals surface area contributed by atoms with Crippen LogP contribution in [0.15, 0.2) is 66.7 Å². The Kier molecular flexibility index (Phi) is 3.58. The van der Waals surface area contributed by atoms with E-state index in [-0.39, 0.29) is 0 Å². The summed E-state index contributed by atoms with van der Waals surface area (Å²) in [4.78, 5) is 0. The van der Waals surface area contributed by atoms with Crippen LogP contribution >= 0.6 is 0 Å². The van der Waals surface area contributed by atoms with Gasteiger partial charge >= 0.3 is 0 Å². The van der Waals surface area contributed by atoms with Gasteiger partial charge in [-0.1, -0.05) is 54.6 Å². The molecule has 0 aliphatic carbocycles. The molecule has 4 aromatic carbocycles. The molecule has 0 amide bonds. The van der Waals surface area contributed by atoms with E-state index in [4.69, 9.17) is 0 Å². The molecule has 0 saturated carbocycles. The molecule has 2 heteroatoms. The lowest BCUT2D eigenvalue weighted by Crippen LogP contribution is -1.97. The van der Waals surface area contributed by atoms with Gasteiger partial charge in [0.25, 0.3) is 0 Å². The molecule has 24 heavy (non-hydrogen) atoms. The number of anilines is 2. The minimum atomic E-state index is 1.08. The van der Waals surface area contributed by atoms with E-state index in [0.29, 0.717) is 0 Å². The van der Waals surface area contributed by atoms with Crippen molar-refractivity contribution in [2.45, 2.75) is 0 Å². The Morgan fingerprint density at radius 2 is 1.42 bits per heavy atom. The Morgan fingerprint density at radius 3 is 2.21 bits per heavy atom. The van der Waals surface area contributed by atoms with Crippen LogP contribution in [0.3, 0.4) is 0 Å². The first-order chi connectivity index (χ1) is 11.8. The standard InChI is InChI=1S/C22H19N2/c1-23-20-12-11-15-7-5-6-10-18(15)22(20)19-13-16-8-3-4-9-17(16)14-21(19)24-2/h3-12,14,23-24H,1-2H3. The summed E-state index contributed by atoms with van der Waals surface area (Å²) in [7, 11) is 3.93. The van der Waals surface area contributed by atoms with Gasteiger partial charge in [0, 0.05) is 42.7 Å².